The van der Waals surface area contributed by atoms with Crippen LogP contribution in [0.25, 0.3) is 12.2 Å². The summed E-state index contributed by atoms with van der Waals surface area (Å²) in [5, 5.41) is 0. The van der Waals surface area contributed by atoms with Crippen molar-refractivity contribution in [1.29, 1.82) is 0 Å². The SMILES string of the molecule is CCCCCCCOc1ccc(/C=C/C(=O)c2ccc(OC(=O)/C=C/c3ccc(OCCCCCC)cc3)cc2)cc1. The van der Waals surface area contributed by atoms with Gasteiger partial charge in [-0.2, -0.15) is 0 Å². The monoisotopic (exact) mass is 568 g/mol. The van der Waals surface area contributed by atoms with Crippen molar-refractivity contribution >= 4 is 23.9 Å². The minimum absolute atomic E-state index is 0.131. The van der Waals surface area contributed by atoms with Gasteiger partial charge >= 0.3 is 5.97 Å². The van der Waals surface area contributed by atoms with Crippen LogP contribution in [-0.4, -0.2) is 25.0 Å². The van der Waals surface area contributed by atoms with Crippen LogP contribution in [0.2, 0.25) is 0 Å². The molecule has 0 saturated heterocycles. The van der Waals surface area contributed by atoms with Crippen molar-refractivity contribution in [2.24, 2.45) is 0 Å². The van der Waals surface area contributed by atoms with E-state index in [2.05, 4.69) is 13.8 Å². The van der Waals surface area contributed by atoms with Crippen molar-refractivity contribution in [2.45, 2.75) is 71.6 Å². The number of hydrogen-bond donors (Lipinski definition) is 0. The molecule has 0 saturated carbocycles. The zero-order valence-corrected chi connectivity index (χ0v) is 25.1. The number of carbonyl (C=O) groups excluding carboxylic acids is 2. The summed E-state index contributed by atoms with van der Waals surface area (Å²) >= 11 is 0. The Hall–Kier alpha value is -4.12. The minimum atomic E-state index is -0.492. The molecule has 0 spiro atoms. The van der Waals surface area contributed by atoms with Crippen molar-refractivity contribution in [2.75, 3.05) is 13.2 Å². The van der Waals surface area contributed by atoms with Crippen LogP contribution < -0.4 is 14.2 Å². The number of rotatable bonds is 19. The second-order valence-corrected chi connectivity index (χ2v) is 10.3. The highest BCUT2D eigenvalue weighted by Crippen LogP contribution is 2.18. The molecule has 5 nitrogen and oxygen atoms in total. The van der Waals surface area contributed by atoms with Crippen LogP contribution >= 0.6 is 0 Å². The minimum Gasteiger partial charge on any atom is -0.494 e. The smallest absolute Gasteiger partial charge is 0.336 e. The molecule has 0 N–H and O–H groups in total. The molecule has 3 rings (SSSR count). The number of esters is 1. The van der Waals surface area contributed by atoms with Gasteiger partial charge in [0.2, 0.25) is 0 Å². The number of unbranched alkanes of at least 4 members (excludes halogenated alkanes) is 7. The third kappa shape index (κ3) is 12.6. The molecule has 0 fully saturated rings. The summed E-state index contributed by atoms with van der Waals surface area (Å²) in [5.41, 5.74) is 2.30. The van der Waals surface area contributed by atoms with Crippen LogP contribution in [0.3, 0.4) is 0 Å². The summed E-state index contributed by atoms with van der Waals surface area (Å²) in [5.74, 6) is 1.41. The molecule has 0 aliphatic heterocycles. The van der Waals surface area contributed by atoms with E-state index < -0.39 is 5.97 Å². The molecule has 0 aliphatic rings. The van der Waals surface area contributed by atoms with Crippen molar-refractivity contribution < 1.29 is 23.8 Å². The molecule has 0 bridgehead atoms. The molecule has 222 valence electrons. The molecular formula is C37H44O5. The predicted molar refractivity (Wildman–Crippen MR) is 171 cm³/mol. The Balaban J connectivity index is 1.40. The Bertz CT molecular complexity index is 1260. The largest absolute Gasteiger partial charge is 0.494 e. The van der Waals surface area contributed by atoms with Gasteiger partial charge in [0.05, 0.1) is 13.2 Å². The lowest BCUT2D eigenvalue weighted by Crippen LogP contribution is -2.04. The highest BCUT2D eigenvalue weighted by Gasteiger charge is 2.05. The van der Waals surface area contributed by atoms with Gasteiger partial charge in [0, 0.05) is 11.6 Å². The van der Waals surface area contributed by atoms with E-state index in [9.17, 15) is 9.59 Å². The fourth-order valence-corrected chi connectivity index (χ4v) is 4.23. The lowest BCUT2D eigenvalue weighted by molar-refractivity contribution is -0.128. The van der Waals surface area contributed by atoms with Crippen LogP contribution in [0.1, 0.15) is 93.1 Å². The molecule has 3 aromatic rings. The summed E-state index contributed by atoms with van der Waals surface area (Å²) in [4.78, 5) is 24.9. The molecule has 0 aromatic heterocycles. The summed E-state index contributed by atoms with van der Waals surface area (Å²) in [6.45, 7) is 5.84. The van der Waals surface area contributed by atoms with Gasteiger partial charge in [-0.15, -0.1) is 0 Å². The molecule has 5 heteroatoms. The average Bonchev–Trinajstić information content (AvgIpc) is 3.02. The lowest BCUT2D eigenvalue weighted by atomic mass is 10.1. The van der Waals surface area contributed by atoms with Gasteiger partial charge < -0.3 is 14.2 Å². The maximum atomic E-state index is 12.6. The van der Waals surface area contributed by atoms with Crippen molar-refractivity contribution in [3.05, 3.63) is 102 Å². The topological polar surface area (TPSA) is 61.8 Å². The van der Waals surface area contributed by atoms with Crippen LogP contribution in [0, 0.1) is 0 Å². The number of carbonyl (C=O) groups is 2. The van der Waals surface area contributed by atoms with E-state index in [1.165, 1.54) is 57.1 Å². The first-order valence-corrected chi connectivity index (χ1v) is 15.3. The third-order valence-electron chi connectivity index (χ3n) is 6.74. The fourth-order valence-electron chi connectivity index (χ4n) is 4.23. The van der Waals surface area contributed by atoms with Crippen LogP contribution in [0.15, 0.2) is 84.9 Å². The normalized spacial score (nSPS) is 11.2. The quantitative estimate of drug-likeness (QED) is 0.0474. The Morgan fingerprint density at radius 1 is 0.548 bits per heavy atom. The number of hydrogen-bond acceptors (Lipinski definition) is 5. The van der Waals surface area contributed by atoms with Crippen molar-refractivity contribution in [1.82, 2.24) is 0 Å². The Labute approximate surface area is 251 Å². The van der Waals surface area contributed by atoms with Gasteiger partial charge in [-0.3, -0.25) is 4.79 Å². The second-order valence-electron chi connectivity index (χ2n) is 10.3. The first-order valence-electron chi connectivity index (χ1n) is 15.3. The standard InChI is InChI=1S/C37H44O5/c1-3-5-7-9-11-29-41-33-20-12-30(13-21-33)16-26-36(38)32-18-24-35(25-19-32)42-37(39)27-17-31-14-22-34(23-15-31)40-28-10-8-6-4-2/h12-27H,3-11,28-29H2,1-2H3/b26-16+,27-17+. The van der Waals surface area contributed by atoms with Crippen LogP contribution in [0.5, 0.6) is 17.2 Å². The van der Waals surface area contributed by atoms with E-state index in [0.29, 0.717) is 17.9 Å². The van der Waals surface area contributed by atoms with Gasteiger partial charge in [-0.05, 0) is 84.7 Å². The molecule has 3 aromatic carbocycles. The molecule has 0 heterocycles. The zero-order chi connectivity index (χ0) is 29.8. The summed E-state index contributed by atoms with van der Waals surface area (Å²) < 4.78 is 16.9. The summed E-state index contributed by atoms with van der Waals surface area (Å²) in [6, 6.07) is 21.9. The number of ketones is 1. The molecule has 0 aliphatic carbocycles. The Morgan fingerprint density at radius 3 is 1.52 bits per heavy atom. The maximum absolute atomic E-state index is 12.6. The highest BCUT2D eigenvalue weighted by molar-refractivity contribution is 6.06. The maximum Gasteiger partial charge on any atom is 0.336 e. The van der Waals surface area contributed by atoms with E-state index in [4.69, 9.17) is 14.2 Å². The molecule has 0 radical (unpaired) electrons. The number of allylic oxidation sites excluding steroid dienone is 1. The van der Waals surface area contributed by atoms with Crippen LogP contribution in [0.4, 0.5) is 0 Å². The van der Waals surface area contributed by atoms with E-state index in [-0.39, 0.29) is 5.78 Å². The van der Waals surface area contributed by atoms with E-state index in [1.807, 2.05) is 48.5 Å². The van der Waals surface area contributed by atoms with Gasteiger partial charge in [0.15, 0.2) is 5.78 Å². The average molecular weight is 569 g/mol. The first-order chi connectivity index (χ1) is 20.6. The molecule has 0 unspecified atom stereocenters. The first kappa shape index (κ1) is 32.4. The number of ether oxygens (including phenoxy) is 3. The third-order valence-corrected chi connectivity index (χ3v) is 6.74. The van der Waals surface area contributed by atoms with Gasteiger partial charge in [0.1, 0.15) is 17.2 Å². The summed E-state index contributed by atoms with van der Waals surface area (Å²) in [6.07, 6.45) is 17.1. The second kappa shape index (κ2) is 19.1. The Kier molecular flexibility index (Phi) is 14.7. The molecule has 0 amide bonds. The van der Waals surface area contributed by atoms with Gasteiger partial charge in [-0.1, -0.05) is 89.1 Å². The van der Waals surface area contributed by atoms with Crippen molar-refractivity contribution in [3.8, 4) is 17.2 Å². The van der Waals surface area contributed by atoms with Crippen LogP contribution in [-0.2, 0) is 4.79 Å². The Morgan fingerprint density at radius 2 is 1.00 bits per heavy atom. The van der Waals surface area contributed by atoms with E-state index >= 15 is 0 Å². The molecule has 42 heavy (non-hydrogen) atoms. The van der Waals surface area contributed by atoms with E-state index in [0.717, 1.165) is 42.1 Å². The zero-order valence-electron chi connectivity index (χ0n) is 25.1. The van der Waals surface area contributed by atoms with Gasteiger partial charge in [0.25, 0.3) is 0 Å². The fraction of sp³-hybridized carbons (Fsp3) is 0.351. The van der Waals surface area contributed by atoms with Gasteiger partial charge in [-0.25, -0.2) is 4.79 Å². The number of benzene rings is 3. The predicted octanol–water partition coefficient (Wildman–Crippen LogP) is 9.51. The van der Waals surface area contributed by atoms with Crippen molar-refractivity contribution in [3.63, 3.8) is 0 Å². The highest BCUT2D eigenvalue weighted by atomic mass is 16.5. The van der Waals surface area contributed by atoms with E-state index in [1.54, 1.807) is 36.4 Å². The molecule has 0 atom stereocenters. The lowest BCUT2D eigenvalue weighted by Gasteiger charge is -2.06. The summed E-state index contributed by atoms with van der Waals surface area (Å²) in [7, 11) is 0. The molecular weight excluding hydrogens is 524 g/mol.